The van der Waals surface area contributed by atoms with Crippen molar-refractivity contribution in [3.8, 4) is 0 Å². The third-order valence-electron chi connectivity index (χ3n) is 3.76. The lowest BCUT2D eigenvalue weighted by Gasteiger charge is -2.05. The molecule has 5 nitrogen and oxygen atoms in total. The summed E-state index contributed by atoms with van der Waals surface area (Å²) >= 11 is 6.29. The Kier molecular flexibility index (Phi) is 3.92. The molecule has 6 heteroatoms. The summed E-state index contributed by atoms with van der Waals surface area (Å²) in [5.74, 6) is 0.686. The molecule has 0 amide bonds. The third-order valence-corrected chi connectivity index (χ3v) is 4.09. The number of tetrazole rings is 1. The molecule has 0 N–H and O–H groups in total. The van der Waals surface area contributed by atoms with E-state index in [-0.39, 0.29) is 0 Å². The quantitative estimate of drug-likeness (QED) is 0.535. The van der Waals surface area contributed by atoms with Crippen LogP contribution in [0, 0.1) is 0 Å². The van der Waals surface area contributed by atoms with Crippen molar-refractivity contribution in [1.29, 1.82) is 0 Å². The van der Waals surface area contributed by atoms with Gasteiger partial charge in [-0.05, 0) is 22.9 Å². The SMILES string of the molecule is Clc1nc2ccccc2cc1Cn1nnc(Cc2ccccc2)n1. The van der Waals surface area contributed by atoms with Crippen LogP contribution < -0.4 is 0 Å². The Hall–Kier alpha value is -2.79. The van der Waals surface area contributed by atoms with Gasteiger partial charge in [-0.25, -0.2) is 4.98 Å². The van der Waals surface area contributed by atoms with Crippen molar-refractivity contribution in [2.45, 2.75) is 13.0 Å². The fourth-order valence-electron chi connectivity index (χ4n) is 2.59. The van der Waals surface area contributed by atoms with Crippen molar-refractivity contribution in [3.05, 3.63) is 82.8 Å². The number of halogens is 1. The standard InChI is InChI=1S/C18H14ClN5/c19-18-15(11-14-8-4-5-9-16(14)20-18)12-24-22-17(21-23-24)10-13-6-2-1-3-7-13/h1-9,11H,10,12H2. The van der Waals surface area contributed by atoms with Crippen LogP contribution in [0.25, 0.3) is 10.9 Å². The lowest BCUT2D eigenvalue weighted by atomic mass is 10.1. The van der Waals surface area contributed by atoms with E-state index in [1.54, 1.807) is 4.80 Å². The van der Waals surface area contributed by atoms with E-state index < -0.39 is 0 Å². The molecule has 0 spiro atoms. The number of aromatic nitrogens is 5. The Morgan fingerprint density at radius 3 is 2.62 bits per heavy atom. The number of nitrogens with zero attached hydrogens (tertiary/aromatic N) is 5. The van der Waals surface area contributed by atoms with E-state index in [1.165, 1.54) is 0 Å². The van der Waals surface area contributed by atoms with E-state index in [9.17, 15) is 0 Å². The van der Waals surface area contributed by atoms with Gasteiger partial charge in [0.25, 0.3) is 0 Å². The summed E-state index contributed by atoms with van der Waals surface area (Å²) < 4.78 is 0. The molecular weight excluding hydrogens is 322 g/mol. The predicted molar refractivity (Wildman–Crippen MR) is 92.9 cm³/mol. The van der Waals surface area contributed by atoms with Gasteiger partial charge in [0.2, 0.25) is 0 Å². The molecule has 4 rings (SSSR count). The molecule has 4 aromatic rings. The first-order valence-corrected chi connectivity index (χ1v) is 8.00. The molecule has 0 aliphatic heterocycles. The maximum Gasteiger partial charge on any atom is 0.179 e. The Morgan fingerprint density at radius 2 is 1.75 bits per heavy atom. The van der Waals surface area contributed by atoms with Gasteiger partial charge in [-0.2, -0.15) is 4.80 Å². The molecule has 0 bridgehead atoms. The minimum Gasteiger partial charge on any atom is -0.236 e. The smallest absolute Gasteiger partial charge is 0.179 e. The maximum atomic E-state index is 6.29. The number of pyridine rings is 1. The minimum absolute atomic E-state index is 0.443. The second-order valence-corrected chi connectivity index (χ2v) is 5.89. The van der Waals surface area contributed by atoms with Crippen molar-refractivity contribution in [1.82, 2.24) is 25.2 Å². The Bertz CT molecular complexity index is 981. The molecule has 24 heavy (non-hydrogen) atoms. The van der Waals surface area contributed by atoms with Gasteiger partial charge in [-0.3, -0.25) is 0 Å². The monoisotopic (exact) mass is 335 g/mol. The predicted octanol–water partition coefficient (Wildman–Crippen LogP) is 3.51. The van der Waals surface area contributed by atoms with Crippen LogP contribution in [0.4, 0.5) is 0 Å². The van der Waals surface area contributed by atoms with E-state index >= 15 is 0 Å². The summed E-state index contributed by atoms with van der Waals surface area (Å²) in [6, 6.07) is 20.0. The summed E-state index contributed by atoms with van der Waals surface area (Å²) in [6.07, 6.45) is 0.657. The second kappa shape index (κ2) is 6.37. The van der Waals surface area contributed by atoms with Gasteiger partial charge < -0.3 is 0 Å². The summed E-state index contributed by atoms with van der Waals surface area (Å²) in [7, 11) is 0. The highest BCUT2D eigenvalue weighted by Gasteiger charge is 2.09. The topological polar surface area (TPSA) is 56.5 Å². The van der Waals surface area contributed by atoms with E-state index in [2.05, 4.69) is 20.4 Å². The van der Waals surface area contributed by atoms with Gasteiger partial charge in [0.05, 0.1) is 12.1 Å². The Morgan fingerprint density at radius 1 is 0.958 bits per heavy atom. The Labute approximate surface area is 143 Å². The fourth-order valence-corrected chi connectivity index (χ4v) is 2.80. The number of rotatable bonds is 4. The third kappa shape index (κ3) is 3.12. The molecule has 0 aliphatic rings. The zero-order chi connectivity index (χ0) is 16.4. The molecule has 0 unspecified atom stereocenters. The molecule has 0 saturated heterocycles. The Balaban J connectivity index is 1.56. The van der Waals surface area contributed by atoms with Crippen LogP contribution in [0.5, 0.6) is 0 Å². The molecule has 0 radical (unpaired) electrons. The van der Waals surface area contributed by atoms with E-state index in [4.69, 9.17) is 11.6 Å². The fraction of sp³-hybridized carbons (Fsp3) is 0.111. The van der Waals surface area contributed by atoms with Gasteiger partial charge in [0.1, 0.15) is 5.15 Å². The van der Waals surface area contributed by atoms with Crippen molar-refractivity contribution >= 4 is 22.5 Å². The number of hydrogen-bond acceptors (Lipinski definition) is 4. The van der Waals surface area contributed by atoms with Crippen LogP contribution in [-0.2, 0) is 13.0 Å². The van der Waals surface area contributed by atoms with E-state index in [1.807, 2.05) is 60.7 Å². The van der Waals surface area contributed by atoms with Crippen LogP contribution in [0.1, 0.15) is 17.0 Å². The average molecular weight is 336 g/mol. The van der Waals surface area contributed by atoms with Crippen LogP contribution in [0.2, 0.25) is 5.15 Å². The van der Waals surface area contributed by atoms with Crippen LogP contribution in [0.15, 0.2) is 60.7 Å². The summed E-state index contributed by atoms with van der Waals surface area (Å²) in [5, 5.41) is 14.2. The lowest BCUT2D eigenvalue weighted by Crippen LogP contribution is -2.06. The molecule has 118 valence electrons. The number of benzene rings is 2. The van der Waals surface area contributed by atoms with Crippen molar-refractivity contribution in [3.63, 3.8) is 0 Å². The first-order chi connectivity index (χ1) is 11.8. The van der Waals surface area contributed by atoms with E-state index in [0.717, 1.165) is 22.0 Å². The molecule has 0 aliphatic carbocycles. The summed E-state index contributed by atoms with van der Waals surface area (Å²) in [4.78, 5) is 5.97. The van der Waals surface area contributed by atoms with Crippen LogP contribution in [0.3, 0.4) is 0 Å². The molecule has 2 aromatic carbocycles. The van der Waals surface area contributed by atoms with Gasteiger partial charge in [-0.15, -0.1) is 10.2 Å². The average Bonchev–Trinajstić information content (AvgIpc) is 3.03. The molecule has 0 saturated carbocycles. The van der Waals surface area contributed by atoms with Gasteiger partial charge in [0, 0.05) is 17.4 Å². The molecule has 0 fully saturated rings. The number of hydrogen-bond donors (Lipinski definition) is 0. The van der Waals surface area contributed by atoms with Gasteiger partial charge in [0.15, 0.2) is 5.82 Å². The summed E-state index contributed by atoms with van der Waals surface area (Å²) in [5.41, 5.74) is 2.91. The molecule has 2 aromatic heterocycles. The highest BCUT2D eigenvalue weighted by atomic mass is 35.5. The largest absolute Gasteiger partial charge is 0.236 e. The highest BCUT2D eigenvalue weighted by Crippen LogP contribution is 2.20. The lowest BCUT2D eigenvalue weighted by molar-refractivity contribution is 0.570. The zero-order valence-corrected chi connectivity index (χ0v) is 13.6. The first kappa shape index (κ1) is 14.8. The van der Waals surface area contributed by atoms with Gasteiger partial charge in [-0.1, -0.05) is 60.1 Å². The van der Waals surface area contributed by atoms with E-state index in [0.29, 0.717) is 23.9 Å². The van der Waals surface area contributed by atoms with Crippen molar-refractivity contribution in [2.24, 2.45) is 0 Å². The molecule has 0 atom stereocenters. The molecule has 2 heterocycles. The molecular formula is C18H14ClN5. The highest BCUT2D eigenvalue weighted by molar-refractivity contribution is 6.30. The normalized spacial score (nSPS) is 11.0. The number of fused-ring (bicyclic) bond motifs is 1. The summed E-state index contributed by atoms with van der Waals surface area (Å²) in [6.45, 7) is 0.443. The van der Waals surface area contributed by atoms with Crippen LogP contribution >= 0.6 is 11.6 Å². The zero-order valence-electron chi connectivity index (χ0n) is 12.8. The van der Waals surface area contributed by atoms with Crippen LogP contribution in [-0.4, -0.2) is 25.2 Å². The first-order valence-electron chi connectivity index (χ1n) is 7.63. The van der Waals surface area contributed by atoms with Crippen molar-refractivity contribution < 1.29 is 0 Å². The maximum absolute atomic E-state index is 6.29. The minimum atomic E-state index is 0.443. The van der Waals surface area contributed by atoms with Crippen molar-refractivity contribution in [2.75, 3.05) is 0 Å². The van der Waals surface area contributed by atoms with Gasteiger partial charge >= 0.3 is 0 Å². The number of para-hydroxylation sites is 1. The second-order valence-electron chi connectivity index (χ2n) is 5.53.